The Bertz CT molecular complexity index is 393. The topological polar surface area (TPSA) is 12.4 Å². The molecule has 2 atom stereocenters. The lowest BCUT2D eigenvalue weighted by Crippen LogP contribution is -2.23. The molecule has 3 aliphatic rings. The number of nitrogens with zero attached hydrogens (tertiary/aromatic N) is 1. The van der Waals surface area contributed by atoms with E-state index in [1.54, 1.807) is 0 Å². The summed E-state index contributed by atoms with van der Waals surface area (Å²) in [5.41, 5.74) is 2.99. The molecule has 0 aromatic rings. The van der Waals surface area contributed by atoms with Crippen molar-refractivity contribution in [1.29, 1.82) is 0 Å². The lowest BCUT2D eigenvalue weighted by atomic mass is 9.79. The summed E-state index contributed by atoms with van der Waals surface area (Å²) in [5.74, 6) is 0.497. The molecular formula is C13H13N. The molecule has 0 saturated carbocycles. The molecule has 70 valence electrons. The van der Waals surface area contributed by atoms with Gasteiger partial charge in [-0.2, -0.15) is 0 Å². The Balaban J connectivity index is 2.04. The Labute approximate surface area is 84.2 Å². The summed E-state index contributed by atoms with van der Waals surface area (Å²) in [6.45, 7) is 0. The summed E-state index contributed by atoms with van der Waals surface area (Å²) in [4.78, 5) is 4.48. The average molecular weight is 183 g/mol. The first kappa shape index (κ1) is 7.98. The normalized spacial score (nSPS) is 33.1. The second-order valence-corrected chi connectivity index (χ2v) is 3.98. The second kappa shape index (κ2) is 3.09. The van der Waals surface area contributed by atoms with Gasteiger partial charge in [-0.3, -0.25) is 4.99 Å². The van der Waals surface area contributed by atoms with Crippen molar-refractivity contribution in [2.24, 2.45) is 10.9 Å². The maximum atomic E-state index is 4.48. The Morgan fingerprint density at radius 2 is 2.21 bits per heavy atom. The number of rotatable bonds is 0. The van der Waals surface area contributed by atoms with Crippen molar-refractivity contribution < 1.29 is 0 Å². The Morgan fingerprint density at radius 3 is 3.21 bits per heavy atom. The van der Waals surface area contributed by atoms with Gasteiger partial charge in [0.05, 0.1) is 6.04 Å². The van der Waals surface area contributed by atoms with Gasteiger partial charge in [0.1, 0.15) is 0 Å². The van der Waals surface area contributed by atoms with Crippen molar-refractivity contribution in [3.05, 3.63) is 47.6 Å². The first-order valence-corrected chi connectivity index (χ1v) is 5.23. The first-order chi connectivity index (χ1) is 6.95. The molecule has 1 nitrogen and oxygen atoms in total. The number of hydrogen-bond donors (Lipinski definition) is 0. The molecule has 0 saturated heterocycles. The standard InChI is InChI=1S/C13H13N/c1-2-5-11-10(4-1)7-8-13-12(11)6-3-9-14-13/h2-3,5-9,12-13H,1,4H2. The molecule has 0 aromatic carbocycles. The van der Waals surface area contributed by atoms with Crippen LogP contribution in [0.1, 0.15) is 12.8 Å². The number of dihydropyridines is 1. The minimum Gasteiger partial charge on any atom is -0.285 e. The molecule has 1 heteroatoms. The van der Waals surface area contributed by atoms with Crippen LogP contribution in [0, 0.1) is 5.92 Å². The third-order valence-corrected chi connectivity index (χ3v) is 3.13. The van der Waals surface area contributed by atoms with E-state index >= 15 is 0 Å². The van der Waals surface area contributed by atoms with Crippen LogP contribution in [-0.2, 0) is 0 Å². The van der Waals surface area contributed by atoms with Crippen molar-refractivity contribution >= 4 is 6.21 Å². The van der Waals surface area contributed by atoms with Crippen LogP contribution in [0.3, 0.4) is 0 Å². The SMILES string of the molecule is C1=CC2C3=C(C=CC2N=C1)CCC=C3. The molecule has 0 radical (unpaired) electrons. The zero-order valence-corrected chi connectivity index (χ0v) is 8.06. The molecule has 14 heavy (non-hydrogen) atoms. The van der Waals surface area contributed by atoms with Gasteiger partial charge >= 0.3 is 0 Å². The van der Waals surface area contributed by atoms with Gasteiger partial charge in [0.25, 0.3) is 0 Å². The van der Waals surface area contributed by atoms with Crippen molar-refractivity contribution in [2.45, 2.75) is 18.9 Å². The highest BCUT2D eigenvalue weighted by atomic mass is 14.8. The van der Waals surface area contributed by atoms with Gasteiger partial charge in [-0.15, -0.1) is 0 Å². The van der Waals surface area contributed by atoms with Gasteiger partial charge in [0.15, 0.2) is 0 Å². The first-order valence-electron chi connectivity index (χ1n) is 5.23. The minimum absolute atomic E-state index is 0.349. The van der Waals surface area contributed by atoms with Gasteiger partial charge in [-0.1, -0.05) is 30.4 Å². The molecule has 1 aliphatic heterocycles. The molecule has 0 bridgehead atoms. The lowest BCUT2D eigenvalue weighted by Gasteiger charge is -2.29. The number of hydrogen-bond acceptors (Lipinski definition) is 1. The van der Waals surface area contributed by atoms with E-state index in [0.29, 0.717) is 12.0 Å². The highest BCUT2D eigenvalue weighted by Gasteiger charge is 2.26. The molecule has 2 aliphatic carbocycles. The van der Waals surface area contributed by atoms with Crippen LogP contribution in [-0.4, -0.2) is 12.3 Å². The fraction of sp³-hybridized carbons (Fsp3) is 0.308. The van der Waals surface area contributed by atoms with E-state index in [9.17, 15) is 0 Å². The van der Waals surface area contributed by atoms with Crippen molar-refractivity contribution in [3.63, 3.8) is 0 Å². The van der Waals surface area contributed by atoms with Gasteiger partial charge < -0.3 is 0 Å². The van der Waals surface area contributed by atoms with Crippen LogP contribution in [0.2, 0.25) is 0 Å². The maximum absolute atomic E-state index is 4.48. The number of fused-ring (bicyclic) bond motifs is 2. The van der Waals surface area contributed by atoms with Gasteiger partial charge in [0, 0.05) is 12.1 Å². The van der Waals surface area contributed by atoms with Crippen LogP contribution in [0.4, 0.5) is 0 Å². The summed E-state index contributed by atoms with van der Waals surface area (Å²) >= 11 is 0. The largest absolute Gasteiger partial charge is 0.285 e. The predicted molar refractivity (Wildman–Crippen MR) is 59.5 cm³/mol. The van der Waals surface area contributed by atoms with E-state index < -0.39 is 0 Å². The van der Waals surface area contributed by atoms with E-state index in [1.807, 2.05) is 6.21 Å². The van der Waals surface area contributed by atoms with Crippen LogP contribution < -0.4 is 0 Å². The summed E-state index contributed by atoms with van der Waals surface area (Å²) in [6, 6.07) is 0.349. The minimum atomic E-state index is 0.349. The van der Waals surface area contributed by atoms with E-state index in [2.05, 4.69) is 41.4 Å². The van der Waals surface area contributed by atoms with E-state index in [4.69, 9.17) is 0 Å². The van der Waals surface area contributed by atoms with Crippen LogP contribution in [0.5, 0.6) is 0 Å². The molecule has 3 rings (SSSR count). The zero-order valence-electron chi connectivity index (χ0n) is 8.06. The van der Waals surface area contributed by atoms with Crippen molar-refractivity contribution in [3.8, 4) is 0 Å². The Morgan fingerprint density at radius 1 is 1.21 bits per heavy atom. The zero-order chi connectivity index (χ0) is 9.38. The Hall–Kier alpha value is -1.37. The van der Waals surface area contributed by atoms with Crippen LogP contribution >= 0.6 is 0 Å². The summed E-state index contributed by atoms with van der Waals surface area (Å²) in [6.07, 6.45) is 17.7. The number of aliphatic imine (C=N–C) groups is 1. The van der Waals surface area contributed by atoms with E-state index in [0.717, 1.165) is 0 Å². The Kier molecular flexibility index (Phi) is 1.76. The lowest BCUT2D eigenvalue weighted by molar-refractivity contribution is 0.642. The third kappa shape index (κ3) is 1.12. The molecule has 0 aromatic heterocycles. The molecular weight excluding hydrogens is 170 g/mol. The fourth-order valence-electron chi connectivity index (χ4n) is 2.40. The molecule has 2 unspecified atom stereocenters. The maximum Gasteiger partial charge on any atom is 0.0786 e. The van der Waals surface area contributed by atoms with E-state index in [1.165, 1.54) is 24.0 Å². The van der Waals surface area contributed by atoms with E-state index in [-0.39, 0.29) is 0 Å². The number of allylic oxidation sites excluding steroid dienone is 5. The molecule has 1 heterocycles. The highest BCUT2D eigenvalue weighted by molar-refractivity contribution is 5.73. The van der Waals surface area contributed by atoms with Crippen LogP contribution in [0.25, 0.3) is 0 Å². The highest BCUT2D eigenvalue weighted by Crippen LogP contribution is 2.35. The second-order valence-electron chi connectivity index (χ2n) is 3.98. The molecule has 0 amide bonds. The fourth-order valence-corrected chi connectivity index (χ4v) is 2.40. The third-order valence-electron chi connectivity index (χ3n) is 3.13. The monoisotopic (exact) mass is 183 g/mol. The predicted octanol–water partition coefficient (Wildman–Crippen LogP) is 2.83. The van der Waals surface area contributed by atoms with Crippen LogP contribution in [0.15, 0.2) is 52.6 Å². The average Bonchev–Trinajstić information content (AvgIpc) is 2.29. The quantitative estimate of drug-likeness (QED) is 0.547. The molecule has 0 spiro atoms. The summed E-state index contributed by atoms with van der Waals surface area (Å²) < 4.78 is 0. The molecule has 0 fully saturated rings. The summed E-state index contributed by atoms with van der Waals surface area (Å²) in [7, 11) is 0. The molecule has 0 N–H and O–H groups in total. The van der Waals surface area contributed by atoms with Gasteiger partial charge in [0.2, 0.25) is 0 Å². The summed E-state index contributed by atoms with van der Waals surface area (Å²) in [5, 5.41) is 0. The van der Waals surface area contributed by atoms with Gasteiger partial charge in [-0.05, 0) is 30.1 Å². The van der Waals surface area contributed by atoms with Gasteiger partial charge in [-0.25, -0.2) is 0 Å². The van der Waals surface area contributed by atoms with Crippen molar-refractivity contribution in [1.82, 2.24) is 0 Å². The van der Waals surface area contributed by atoms with Crippen molar-refractivity contribution in [2.75, 3.05) is 0 Å². The smallest absolute Gasteiger partial charge is 0.0786 e.